The van der Waals surface area contributed by atoms with Crippen LogP contribution in [0.4, 0.5) is 4.39 Å². The van der Waals surface area contributed by atoms with Crippen molar-refractivity contribution in [2.45, 2.75) is 18.8 Å². The quantitative estimate of drug-likeness (QED) is 0.673. The number of benzene rings is 2. The number of halogens is 1. The molecule has 0 unspecified atom stereocenters. The molecule has 3 rings (SSSR count). The highest BCUT2D eigenvalue weighted by Gasteiger charge is 2.23. The van der Waals surface area contributed by atoms with Gasteiger partial charge in [-0.05, 0) is 29.8 Å². The molecule has 0 saturated heterocycles. The topological polar surface area (TPSA) is 67.3 Å². The van der Waals surface area contributed by atoms with Crippen LogP contribution in [-0.4, -0.2) is 21.8 Å². The largest absolute Gasteiger partial charge is 0.481 e. The zero-order chi connectivity index (χ0) is 18.5. The second-order valence-corrected chi connectivity index (χ2v) is 6.73. The Morgan fingerprint density at radius 3 is 2.42 bits per heavy atom. The summed E-state index contributed by atoms with van der Waals surface area (Å²) in [5.41, 5.74) is 1.98. The van der Waals surface area contributed by atoms with Crippen LogP contribution < -0.4 is 0 Å². The molecule has 0 saturated carbocycles. The van der Waals surface area contributed by atoms with E-state index in [4.69, 9.17) is 0 Å². The highest BCUT2D eigenvalue weighted by molar-refractivity contribution is 7.13. The van der Waals surface area contributed by atoms with Gasteiger partial charge < -0.3 is 5.11 Å². The highest BCUT2D eigenvalue weighted by Crippen LogP contribution is 2.25. The van der Waals surface area contributed by atoms with E-state index in [0.717, 1.165) is 5.56 Å². The summed E-state index contributed by atoms with van der Waals surface area (Å²) >= 11 is 1.37. The predicted molar refractivity (Wildman–Crippen MR) is 97.7 cm³/mol. The van der Waals surface area contributed by atoms with Crippen LogP contribution >= 0.6 is 11.3 Å². The average Bonchev–Trinajstić information content (AvgIpc) is 3.09. The number of Topliss-reactive ketones (excluding diaryl/α,β-unsaturated/α-hetero) is 1. The molecule has 0 aliphatic rings. The molecule has 0 aliphatic carbocycles. The molecule has 2 aromatic carbocycles. The van der Waals surface area contributed by atoms with Crippen LogP contribution in [0.15, 0.2) is 60.0 Å². The maximum atomic E-state index is 13.0. The molecule has 1 aromatic heterocycles. The van der Waals surface area contributed by atoms with Gasteiger partial charge in [0, 0.05) is 23.8 Å². The number of carboxylic acid groups (broad SMARTS) is 1. The predicted octanol–water partition coefficient (Wildman–Crippen LogP) is 4.32. The molecule has 1 heterocycles. The van der Waals surface area contributed by atoms with Crippen LogP contribution in [0.5, 0.6) is 0 Å². The van der Waals surface area contributed by atoms with E-state index < -0.39 is 11.9 Å². The molecule has 6 heteroatoms. The first-order valence-corrected chi connectivity index (χ1v) is 8.90. The molecule has 132 valence electrons. The summed E-state index contributed by atoms with van der Waals surface area (Å²) in [4.78, 5) is 28.3. The zero-order valence-corrected chi connectivity index (χ0v) is 14.6. The fraction of sp³-hybridized carbons (Fsp3) is 0.150. The first-order valence-electron chi connectivity index (χ1n) is 8.02. The van der Waals surface area contributed by atoms with Gasteiger partial charge in [0.15, 0.2) is 0 Å². The number of aliphatic carboxylic acids is 1. The minimum Gasteiger partial charge on any atom is -0.481 e. The van der Waals surface area contributed by atoms with Crippen molar-refractivity contribution in [1.82, 2.24) is 4.98 Å². The third kappa shape index (κ3) is 4.40. The Labute approximate surface area is 154 Å². The minimum atomic E-state index is -1.02. The number of carbonyl (C=O) groups is 2. The molecular formula is C20H16FNO3S. The Balaban J connectivity index is 1.68. The maximum absolute atomic E-state index is 13.0. The summed E-state index contributed by atoms with van der Waals surface area (Å²) in [7, 11) is 0. The van der Waals surface area contributed by atoms with Crippen LogP contribution in [0.3, 0.4) is 0 Å². The van der Waals surface area contributed by atoms with Crippen molar-refractivity contribution in [1.29, 1.82) is 0 Å². The zero-order valence-electron chi connectivity index (χ0n) is 13.8. The van der Waals surface area contributed by atoms with Crippen LogP contribution in [0.25, 0.3) is 10.6 Å². The van der Waals surface area contributed by atoms with Crippen LogP contribution in [0.1, 0.15) is 23.6 Å². The fourth-order valence-electron chi connectivity index (χ4n) is 2.65. The van der Waals surface area contributed by atoms with Crippen molar-refractivity contribution < 1.29 is 19.1 Å². The molecule has 1 atom stereocenters. The summed E-state index contributed by atoms with van der Waals surface area (Å²) in [6.45, 7) is 0. The SMILES string of the molecule is O=C(Cc1csc(-c2ccc(F)cc2)n1)C[C@H](C(=O)O)c1ccccc1. The van der Waals surface area contributed by atoms with E-state index in [9.17, 15) is 19.1 Å². The molecule has 0 spiro atoms. The molecule has 0 amide bonds. The van der Waals surface area contributed by atoms with E-state index in [0.29, 0.717) is 16.3 Å². The molecule has 0 aliphatic heterocycles. The summed E-state index contributed by atoms with van der Waals surface area (Å²) in [5.74, 6) is -2.38. The maximum Gasteiger partial charge on any atom is 0.311 e. The van der Waals surface area contributed by atoms with Crippen molar-refractivity contribution in [3.63, 3.8) is 0 Å². The molecule has 0 radical (unpaired) electrons. The van der Waals surface area contributed by atoms with Gasteiger partial charge in [-0.2, -0.15) is 0 Å². The lowest BCUT2D eigenvalue weighted by Gasteiger charge is -2.11. The highest BCUT2D eigenvalue weighted by atomic mass is 32.1. The number of aromatic nitrogens is 1. The van der Waals surface area contributed by atoms with Crippen molar-refractivity contribution >= 4 is 23.1 Å². The first kappa shape index (κ1) is 17.9. The van der Waals surface area contributed by atoms with Gasteiger partial charge in [-0.3, -0.25) is 9.59 Å². The molecule has 3 aromatic rings. The van der Waals surface area contributed by atoms with Crippen LogP contribution in [0.2, 0.25) is 0 Å². The lowest BCUT2D eigenvalue weighted by molar-refractivity contribution is -0.140. The third-order valence-corrected chi connectivity index (χ3v) is 4.89. The summed E-state index contributed by atoms with van der Waals surface area (Å²) in [5, 5.41) is 11.9. The molecule has 26 heavy (non-hydrogen) atoms. The van der Waals surface area contributed by atoms with Crippen LogP contribution in [-0.2, 0) is 16.0 Å². The first-order chi connectivity index (χ1) is 12.5. The third-order valence-electron chi connectivity index (χ3n) is 3.95. The average molecular weight is 369 g/mol. The normalized spacial score (nSPS) is 11.9. The number of carboxylic acids is 1. The summed E-state index contributed by atoms with van der Waals surface area (Å²) in [6.07, 6.45) is -0.00291. The van der Waals surface area contributed by atoms with E-state index in [1.807, 2.05) is 0 Å². The number of rotatable bonds is 7. The van der Waals surface area contributed by atoms with Gasteiger partial charge in [0.25, 0.3) is 0 Å². The number of thiazole rings is 1. The Hall–Kier alpha value is -2.86. The lowest BCUT2D eigenvalue weighted by Crippen LogP contribution is -2.17. The fourth-order valence-corrected chi connectivity index (χ4v) is 3.47. The minimum absolute atomic E-state index is 0.0777. The van der Waals surface area contributed by atoms with Gasteiger partial charge >= 0.3 is 5.97 Å². The number of carbonyl (C=O) groups excluding carboxylic acids is 1. The van der Waals surface area contributed by atoms with E-state index in [1.54, 1.807) is 47.8 Å². The Bertz CT molecular complexity index is 906. The Kier molecular flexibility index (Phi) is 5.53. The lowest BCUT2D eigenvalue weighted by atomic mass is 9.93. The van der Waals surface area contributed by atoms with Gasteiger partial charge in [-0.15, -0.1) is 11.3 Å². The van der Waals surface area contributed by atoms with E-state index >= 15 is 0 Å². The number of ketones is 1. The smallest absolute Gasteiger partial charge is 0.311 e. The standard InChI is InChI=1S/C20H16FNO3S/c21-15-8-6-14(7-9-15)19-22-16(12-26-19)10-17(23)11-18(20(24)25)13-4-2-1-3-5-13/h1-9,12,18H,10-11H2,(H,24,25)/t18-/m0/s1. The summed E-state index contributed by atoms with van der Waals surface area (Å²) < 4.78 is 13.0. The van der Waals surface area contributed by atoms with Crippen molar-refractivity contribution in [2.75, 3.05) is 0 Å². The molecular weight excluding hydrogens is 353 g/mol. The van der Waals surface area contributed by atoms with E-state index in [-0.39, 0.29) is 24.4 Å². The monoisotopic (exact) mass is 369 g/mol. The molecule has 4 nitrogen and oxygen atoms in total. The van der Waals surface area contributed by atoms with Gasteiger partial charge in [0.1, 0.15) is 16.6 Å². The summed E-state index contributed by atoms with van der Waals surface area (Å²) in [6, 6.07) is 14.7. The number of nitrogens with zero attached hydrogens (tertiary/aromatic N) is 1. The molecule has 1 N–H and O–H groups in total. The molecule has 0 bridgehead atoms. The van der Waals surface area contributed by atoms with Gasteiger partial charge in [0.2, 0.25) is 0 Å². The number of hydrogen-bond acceptors (Lipinski definition) is 4. The second-order valence-electron chi connectivity index (χ2n) is 5.87. The van der Waals surface area contributed by atoms with Crippen molar-refractivity contribution in [3.8, 4) is 10.6 Å². The molecule has 0 fully saturated rings. The van der Waals surface area contributed by atoms with Crippen molar-refractivity contribution in [2.24, 2.45) is 0 Å². The Morgan fingerprint density at radius 2 is 1.77 bits per heavy atom. The van der Waals surface area contributed by atoms with E-state index in [2.05, 4.69) is 4.98 Å². The van der Waals surface area contributed by atoms with Gasteiger partial charge in [-0.1, -0.05) is 30.3 Å². The van der Waals surface area contributed by atoms with Crippen LogP contribution in [0, 0.1) is 5.82 Å². The number of hydrogen-bond donors (Lipinski definition) is 1. The van der Waals surface area contributed by atoms with Gasteiger partial charge in [0.05, 0.1) is 11.6 Å². The van der Waals surface area contributed by atoms with E-state index in [1.165, 1.54) is 23.5 Å². The Morgan fingerprint density at radius 1 is 1.08 bits per heavy atom. The van der Waals surface area contributed by atoms with Crippen molar-refractivity contribution in [3.05, 3.63) is 77.1 Å². The van der Waals surface area contributed by atoms with Gasteiger partial charge in [-0.25, -0.2) is 9.37 Å². The second kappa shape index (κ2) is 8.01.